The van der Waals surface area contributed by atoms with Gasteiger partial charge in [-0.3, -0.25) is 9.69 Å². The van der Waals surface area contributed by atoms with E-state index in [1.807, 2.05) is 47.4 Å². The van der Waals surface area contributed by atoms with E-state index in [0.29, 0.717) is 31.7 Å². The van der Waals surface area contributed by atoms with Crippen LogP contribution in [0.1, 0.15) is 16.8 Å². The summed E-state index contributed by atoms with van der Waals surface area (Å²) in [6.45, 7) is 1.99. The molecular formula is C21H22FNO3. The molecule has 4 nitrogen and oxygen atoms in total. The van der Waals surface area contributed by atoms with Crippen molar-refractivity contribution in [2.24, 2.45) is 5.92 Å². The van der Waals surface area contributed by atoms with E-state index < -0.39 is 12.1 Å². The molecule has 3 unspecified atom stereocenters. The molecule has 0 aromatic heterocycles. The van der Waals surface area contributed by atoms with E-state index >= 15 is 0 Å². The molecule has 1 fully saturated rings. The maximum atomic E-state index is 14.7. The normalized spacial score (nSPS) is 25.7. The van der Waals surface area contributed by atoms with Gasteiger partial charge in [-0.25, -0.2) is 4.39 Å². The average Bonchev–Trinajstić information content (AvgIpc) is 2.68. The monoisotopic (exact) mass is 355 g/mol. The minimum Gasteiger partial charge on any atom is -0.486 e. The number of likely N-dealkylation sites (tertiary alicyclic amines) is 1. The molecule has 2 aliphatic heterocycles. The second-order valence-corrected chi connectivity index (χ2v) is 6.90. The number of hydrogen-bond acceptors (Lipinski definition) is 4. The lowest BCUT2D eigenvalue weighted by Gasteiger charge is -2.37. The van der Waals surface area contributed by atoms with Gasteiger partial charge in [-0.15, -0.1) is 0 Å². The van der Waals surface area contributed by atoms with Crippen LogP contribution in [-0.4, -0.2) is 49.2 Å². The van der Waals surface area contributed by atoms with E-state index in [4.69, 9.17) is 9.47 Å². The number of hydrogen-bond donors (Lipinski definition) is 0. The van der Waals surface area contributed by atoms with Gasteiger partial charge in [0.15, 0.2) is 17.3 Å². The lowest BCUT2D eigenvalue weighted by atomic mass is 9.87. The maximum Gasteiger partial charge on any atom is 0.168 e. The molecule has 0 spiro atoms. The fraction of sp³-hybridized carbons (Fsp3) is 0.381. The second kappa shape index (κ2) is 7.46. The zero-order valence-corrected chi connectivity index (χ0v) is 14.5. The number of piperidine rings is 1. The number of ether oxygens (including phenoxy) is 2. The third-order valence-corrected chi connectivity index (χ3v) is 5.05. The van der Waals surface area contributed by atoms with Crippen LogP contribution in [0.2, 0.25) is 0 Å². The van der Waals surface area contributed by atoms with Crippen LogP contribution in [0.5, 0.6) is 11.5 Å². The quantitative estimate of drug-likeness (QED) is 0.789. The average molecular weight is 355 g/mol. The van der Waals surface area contributed by atoms with E-state index in [0.717, 1.165) is 11.5 Å². The summed E-state index contributed by atoms with van der Waals surface area (Å²) < 4.78 is 26.4. The van der Waals surface area contributed by atoms with Gasteiger partial charge >= 0.3 is 0 Å². The van der Waals surface area contributed by atoms with Crippen LogP contribution in [0.25, 0.3) is 0 Å². The van der Waals surface area contributed by atoms with E-state index in [1.165, 1.54) is 0 Å². The Morgan fingerprint density at radius 3 is 2.58 bits per heavy atom. The summed E-state index contributed by atoms with van der Waals surface area (Å²) in [7, 11) is 0. The molecule has 0 saturated carbocycles. The van der Waals surface area contributed by atoms with Crippen molar-refractivity contribution in [1.29, 1.82) is 0 Å². The second-order valence-electron chi connectivity index (χ2n) is 6.90. The number of benzene rings is 2. The van der Waals surface area contributed by atoms with E-state index in [2.05, 4.69) is 0 Å². The molecule has 2 aromatic rings. The van der Waals surface area contributed by atoms with Gasteiger partial charge < -0.3 is 9.47 Å². The topological polar surface area (TPSA) is 38.8 Å². The van der Waals surface area contributed by atoms with Crippen molar-refractivity contribution in [3.05, 3.63) is 60.2 Å². The highest BCUT2D eigenvalue weighted by Gasteiger charge is 2.36. The highest BCUT2D eigenvalue weighted by Crippen LogP contribution is 2.32. The fourth-order valence-corrected chi connectivity index (χ4v) is 3.69. The minimum absolute atomic E-state index is 0.0936. The van der Waals surface area contributed by atoms with E-state index in [9.17, 15) is 9.18 Å². The van der Waals surface area contributed by atoms with Crippen LogP contribution in [0.15, 0.2) is 54.6 Å². The van der Waals surface area contributed by atoms with Crippen LogP contribution in [0, 0.1) is 5.92 Å². The molecule has 0 bridgehead atoms. The number of alkyl halides is 1. The minimum atomic E-state index is -1.16. The Morgan fingerprint density at radius 2 is 1.81 bits per heavy atom. The third kappa shape index (κ3) is 3.58. The summed E-state index contributed by atoms with van der Waals surface area (Å²) in [5.74, 6) is 0.829. The van der Waals surface area contributed by atoms with Gasteiger partial charge in [-0.2, -0.15) is 0 Å². The molecule has 5 heteroatoms. The summed E-state index contributed by atoms with van der Waals surface area (Å²) >= 11 is 0. The Morgan fingerprint density at radius 1 is 1.08 bits per heavy atom. The van der Waals surface area contributed by atoms with Crippen molar-refractivity contribution in [2.75, 3.05) is 26.2 Å². The number of Topliss-reactive ketones (excluding diaryl/α,β-unsaturated/α-hetero) is 1. The Bertz CT molecular complexity index is 767. The lowest BCUT2D eigenvalue weighted by molar-refractivity contribution is 0.0246. The number of fused-ring (bicyclic) bond motifs is 1. The van der Waals surface area contributed by atoms with Crippen molar-refractivity contribution in [3.63, 3.8) is 0 Å². The molecule has 4 rings (SSSR count). The van der Waals surface area contributed by atoms with Gasteiger partial charge in [0, 0.05) is 18.7 Å². The number of halogens is 1. The number of ketones is 1. The highest BCUT2D eigenvalue weighted by molar-refractivity contribution is 5.98. The highest BCUT2D eigenvalue weighted by atomic mass is 19.1. The van der Waals surface area contributed by atoms with Gasteiger partial charge in [-0.05, 0) is 25.1 Å². The lowest BCUT2D eigenvalue weighted by Crippen LogP contribution is -2.49. The van der Waals surface area contributed by atoms with Gasteiger partial charge in [0.25, 0.3) is 0 Å². The Labute approximate surface area is 152 Å². The number of carbonyl (C=O) groups is 1. The van der Waals surface area contributed by atoms with Crippen molar-refractivity contribution < 1.29 is 18.7 Å². The molecule has 1 saturated heterocycles. The van der Waals surface area contributed by atoms with Gasteiger partial charge in [0.05, 0.1) is 5.92 Å². The van der Waals surface area contributed by atoms with Gasteiger partial charge in [-0.1, -0.05) is 42.5 Å². The predicted octanol–water partition coefficient (Wildman–Crippen LogP) is 3.37. The smallest absolute Gasteiger partial charge is 0.168 e. The molecule has 0 radical (unpaired) electrons. The summed E-state index contributed by atoms with van der Waals surface area (Å²) in [5.41, 5.74) is 0.592. The maximum absolute atomic E-state index is 14.7. The number of para-hydroxylation sites is 2. The Kier molecular flexibility index (Phi) is 4.89. The molecule has 0 N–H and O–H groups in total. The number of rotatable bonds is 4. The molecule has 0 amide bonds. The molecule has 2 aliphatic rings. The first kappa shape index (κ1) is 17.0. The first-order chi connectivity index (χ1) is 12.7. The van der Waals surface area contributed by atoms with Crippen LogP contribution in [0.4, 0.5) is 4.39 Å². The van der Waals surface area contributed by atoms with Crippen molar-refractivity contribution in [1.82, 2.24) is 4.90 Å². The first-order valence-corrected chi connectivity index (χ1v) is 9.05. The van der Waals surface area contributed by atoms with Crippen molar-refractivity contribution in [3.8, 4) is 11.5 Å². The third-order valence-electron chi connectivity index (χ3n) is 5.05. The van der Waals surface area contributed by atoms with Crippen molar-refractivity contribution in [2.45, 2.75) is 18.7 Å². The molecule has 3 atom stereocenters. The molecule has 2 heterocycles. The first-order valence-electron chi connectivity index (χ1n) is 9.05. The van der Waals surface area contributed by atoms with Crippen LogP contribution >= 0.6 is 0 Å². The standard InChI is InChI=1S/C21H22FNO3/c22-18-13-23(11-10-17(18)21(24)15-6-2-1-3-7-15)12-16-14-25-19-8-4-5-9-20(19)26-16/h1-9,16-18H,10-14H2. The zero-order valence-electron chi connectivity index (χ0n) is 14.5. The van der Waals surface area contributed by atoms with E-state index in [-0.39, 0.29) is 18.4 Å². The molecule has 26 heavy (non-hydrogen) atoms. The van der Waals surface area contributed by atoms with Crippen LogP contribution in [-0.2, 0) is 0 Å². The summed E-state index contributed by atoms with van der Waals surface area (Å²) in [6, 6.07) is 16.6. The Hall–Kier alpha value is -2.40. The number of carbonyl (C=O) groups excluding carboxylic acids is 1. The van der Waals surface area contributed by atoms with Crippen LogP contribution < -0.4 is 9.47 Å². The number of nitrogens with zero attached hydrogens (tertiary/aromatic N) is 1. The fourth-order valence-electron chi connectivity index (χ4n) is 3.69. The van der Waals surface area contributed by atoms with Gasteiger partial charge in [0.1, 0.15) is 18.9 Å². The summed E-state index contributed by atoms with van der Waals surface area (Å²) in [5, 5.41) is 0. The molecule has 136 valence electrons. The van der Waals surface area contributed by atoms with E-state index in [1.54, 1.807) is 12.1 Å². The Balaban J connectivity index is 1.34. The predicted molar refractivity (Wildman–Crippen MR) is 96.6 cm³/mol. The van der Waals surface area contributed by atoms with Gasteiger partial charge in [0.2, 0.25) is 0 Å². The SMILES string of the molecule is O=C(c1ccccc1)C1CCN(CC2COc3ccccc3O2)CC1F. The van der Waals surface area contributed by atoms with Crippen LogP contribution in [0.3, 0.4) is 0 Å². The zero-order chi connectivity index (χ0) is 17.9. The largest absolute Gasteiger partial charge is 0.486 e. The summed E-state index contributed by atoms with van der Waals surface area (Å²) in [4.78, 5) is 14.6. The molecular weight excluding hydrogens is 333 g/mol. The summed E-state index contributed by atoms with van der Waals surface area (Å²) in [6.07, 6.45) is -0.759. The molecule has 2 aromatic carbocycles. The van der Waals surface area contributed by atoms with Crippen molar-refractivity contribution >= 4 is 5.78 Å². The molecule has 0 aliphatic carbocycles.